The first-order chi connectivity index (χ1) is 10.0. The van der Waals surface area contributed by atoms with Gasteiger partial charge in [0, 0.05) is 11.8 Å². The predicted molar refractivity (Wildman–Crippen MR) is 88.8 cm³/mol. The highest BCUT2D eigenvalue weighted by molar-refractivity contribution is 7.98. The molecule has 3 nitrogen and oxygen atoms in total. The van der Waals surface area contributed by atoms with Crippen LogP contribution in [-0.2, 0) is 10.5 Å². The molecule has 1 aliphatic rings. The van der Waals surface area contributed by atoms with Crippen LogP contribution < -0.4 is 5.32 Å². The number of hydrogen-bond donors (Lipinski definition) is 2. The summed E-state index contributed by atoms with van der Waals surface area (Å²) in [5, 5.41) is 12.7. The number of aliphatic carboxylic acids is 1. The Hall–Kier alpha value is -1.00. The maximum Gasteiger partial charge on any atom is 0.323 e. The molecule has 1 aliphatic carbocycles. The Labute approximate surface area is 131 Å². The second-order valence-corrected chi connectivity index (χ2v) is 7.24. The molecule has 116 valence electrons. The van der Waals surface area contributed by atoms with Crippen molar-refractivity contribution >= 4 is 17.7 Å². The fourth-order valence-corrected chi connectivity index (χ4v) is 3.44. The number of carboxylic acids is 1. The van der Waals surface area contributed by atoms with Crippen LogP contribution in [0.25, 0.3) is 0 Å². The van der Waals surface area contributed by atoms with E-state index < -0.39 is 11.5 Å². The van der Waals surface area contributed by atoms with E-state index >= 15 is 0 Å². The van der Waals surface area contributed by atoms with E-state index in [1.807, 2.05) is 18.7 Å². The lowest BCUT2D eigenvalue weighted by Gasteiger charge is -2.26. The highest BCUT2D eigenvalue weighted by Crippen LogP contribution is 2.26. The van der Waals surface area contributed by atoms with E-state index in [1.54, 1.807) is 0 Å². The molecule has 1 unspecified atom stereocenters. The summed E-state index contributed by atoms with van der Waals surface area (Å²) < 4.78 is 0. The van der Waals surface area contributed by atoms with Crippen molar-refractivity contribution in [1.29, 1.82) is 0 Å². The molecule has 0 aromatic heterocycles. The molecule has 2 N–H and O–H groups in total. The zero-order chi connectivity index (χ0) is 15.3. The molecule has 0 saturated heterocycles. The van der Waals surface area contributed by atoms with Crippen LogP contribution in [0.2, 0.25) is 0 Å². The monoisotopic (exact) mass is 307 g/mol. The summed E-state index contributed by atoms with van der Waals surface area (Å²) in [5.41, 5.74) is 1.94. The number of thioether (sulfide) groups is 1. The predicted octanol–water partition coefficient (Wildman–Crippen LogP) is 3.60. The molecule has 0 bridgehead atoms. The first-order valence-corrected chi connectivity index (χ1v) is 8.80. The van der Waals surface area contributed by atoms with Crippen LogP contribution in [0.1, 0.15) is 43.7 Å². The molecule has 1 saturated carbocycles. The van der Waals surface area contributed by atoms with Gasteiger partial charge in [-0.05, 0) is 56.4 Å². The summed E-state index contributed by atoms with van der Waals surface area (Å²) in [6, 6.07) is 8.86. The number of hydrogen-bond acceptors (Lipinski definition) is 3. The van der Waals surface area contributed by atoms with Gasteiger partial charge in [0.25, 0.3) is 0 Å². The molecule has 1 atom stereocenters. The SMILES string of the molecule is Cc1ccccc1CSCCCC(C)(NC1CC1)C(=O)O. The van der Waals surface area contributed by atoms with E-state index in [4.69, 9.17) is 0 Å². The minimum Gasteiger partial charge on any atom is -0.480 e. The van der Waals surface area contributed by atoms with Crippen LogP contribution in [0.15, 0.2) is 24.3 Å². The van der Waals surface area contributed by atoms with Crippen molar-refractivity contribution in [2.24, 2.45) is 0 Å². The lowest BCUT2D eigenvalue weighted by molar-refractivity contribution is -0.144. The van der Waals surface area contributed by atoms with Crippen LogP contribution in [0.3, 0.4) is 0 Å². The molecule has 0 heterocycles. The average Bonchev–Trinajstić information content (AvgIpc) is 3.24. The molecule has 2 rings (SSSR count). The van der Waals surface area contributed by atoms with E-state index in [2.05, 4.69) is 36.5 Å². The van der Waals surface area contributed by atoms with Gasteiger partial charge in [-0.2, -0.15) is 11.8 Å². The van der Waals surface area contributed by atoms with Crippen LogP contribution in [0, 0.1) is 6.92 Å². The van der Waals surface area contributed by atoms with Crippen molar-refractivity contribution in [2.45, 2.75) is 56.9 Å². The maximum atomic E-state index is 11.4. The molecule has 0 spiro atoms. The summed E-state index contributed by atoms with van der Waals surface area (Å²) in [5.74, 6) is 1.29. The van der Waals surface area contributed by atoms with Crippen LogP contribution in [0.4, 0.5) is 0 Å². The van der Waals surface area contributed by atoms with Crippen molar-refractivity contribution in [3.05, 3.63) is 35.4 Å². The fourth-order valence-electron chi connectivity index (χ4n) is 2.40. The first-order valence-electron chi connectivity index (χ1n) is 7.64. The van der Waals surface area contributed by atoms with Crippen molar-refractivity contribution in [3.8, 4) is 0 Å². The first kappa shape index (κ1) is 16.4. The third kappa shape index (κ3) is 5.04. The summed E-state index contributed by atoms with van der Waals surface area (Å²) in [7, 11) is 0. The normalized spacial score (nSPS) is 17.4. The standard InChI is InChI=1S/C17H25NO2S/c1-13-6-3-4-7-14(13)12-21-11-5-10-17(2,16(19)20)18-15-8-9-15/h3-4,6-7,15,18H,5,8-12H2,1-2H3,(H,19,20). The van der Waals surface area contributed by atoms with Crippen LogP contribution in [-0.4, -0.2) is 28.4 Å². The topological polar surface area (TPSA) is 49.3 Å². The van der Waals surface area contributed by atoms with Crippen molar-refractivity contribution < 1.29 is 9.90 Å². The Kier molecular flexibility index (Phi) is 5.71. The van der Waals surface area contributed by atoms with Gasteiger partial charge < -0.3 is 5.11 Å². The van der Waals surface area contributed by atoms with E-state index in [1.165, 1.54) is 11.1 Å². The lowest BCUT2D eigenvalue weighted by atomic mass is 9.96. The number of rotatable bonds is 9. The third-order valence-corrected chi connectivity index (χ3v) is 5.15. The van der Waals surface area contributed by atoms with E-state index in [-0.39, 0.29) is 0 Å². The van der Waals surface area contributed by atoms with Gasteiger partial charge in [0.1, 0.15) is 5.54 Å². The van der Waals surface area contributed by atoms with Gasteiger partial charge >= 0.3 is 5.97 Å². The maximum absolute atomic E-state index is 11.4. The summed E-state index contributed by atoms with van der Waals surface area (Å²) in [6.45, 7) is 3.95. The number of benzene rings is 1. The smallest absolute Gasteiger partial charge is 0.323 e. The highest BCUT2D eigenvalue weighted by Gasteiger charge is 2.37. The van der Waals surface area contributed by atoms with E-state index in [0.29, 0.717) is 12.5 Å². The van der Waals surface area contributed by atoms with Gasteiger partial charge in [-0.25, -0.2) is 0 Å². The van der Waals surface area contributed by atoms with Crippen molar-refractivity contribution in [3.63, 3.8) is 0 Å². The molecular formula is C17H25NO2S. The summed E-state index contributed by atoms with van der Waals surface area (Å²) >= 11 is 1.89. The molecule has 1 aromatic rings. The molecule has 0 aliphatic heterocycles. The highest BCUT2D eigenvalue weighted by atomic mass is 32.2. The van der Waals surface area contributed by atoms with E-state index in [9.17, 15) is 9.90 Å². The van der Waals surface area contributed by atoms with Crippen molar-refractivity contribution in [2.75, 3.05) is 5.75 Å². The fraction of sp³-hybridized carbons (Fsp3) is 0.588. The Morgan fingerprint density at radius 2 is 2.14 bits per heavy atom. The Morgan fingerprint density at radius 1 is 1.43 bits per heavy atom. The van der Waals surface area contributed by atoms with Crippen LogP contribution >= 0.6 is 11.8 Å². The van der Waals surface area contributed by atoms with Gasteiger partial charge in [0.15, 0.2) is 0 Å². The van der Waals surface area contributed by atoms with Gasteiger partial charge in [0.05, 0.1) is 0 Å². The molecule has 4 heteroatoms. The molecule has 0 amide bonds. The Balaban J connectivity index is 1.70. The molecular weight excluding hydrogens is 282 g/mol. The largest absolute Gasteiger partial charge is 0.480 e. The summed E-state index contributed by atoms with van der Waals surface area (Å²) in [6.07, 6.45) is 3.86. The Bertz CT molecular complexity index is 487. The molecule has 0 radical (unpaired) electrons. The average molecular weight is 307 g/mol. The minimum atomic E-state index is -0.760. The Morgan fingerprint density at radius 3 is 2.76 bits per heavy atom. The number of carbonyl (C=O) groups is 1. The minimum absolute atomic E-state index is 0.422. The second kappa shape index (κ2) is 7.32. The van der Waals surface area contributed by atoms with Gasteiger partial charge in [-0.15, -0.1) is 0 Å². The van der Waals surface area contributed by atoms with Gasteiger partial charge in [-0.1, -0.05) is 24.3 Å². The van der Waals surface area contributed by atoms with Crippen molar-refractivity contribution in [1.82, 2.24) is 5.32 Å². The third-order valence-electron chi connectivity index (χ3n) is 4.06. The quantitative estimate of drug-likeness (QED) is 0.684. The molecule has 1 fully saturated rings. The number of nitrogens with one attached hydrogen (secondary N) is 1. The van der Waals surface area contributed by atoms with E-state index in [0.717, 1.165) is 30.8 Å². The molecule has 1 aromatic carbocycles. The number of aryl methyl sites for hydroxylation is 1. The van der Waals surface area contributed by atoms with Gasteiger partial charge in [-0.3, -0.25) is 10.1 Å². The zero-order valence-corrected chi connectivity index (χ0v) is 13.7. The molecule has 21 heavy (non-hydrogen) atoms. The van der Waals surface area contributed by atoms with Gasteiger partial charge in [0.2, 0.25) is 0 Å². The number of carboxylic acid groups (broad SMARTS) is 1. The van der Waals surface area contributed by atoms with Crippen LogP contribution in [0.5, 0.6) is 0 Å². The second-order valence-electron chi connectivity index (χ2n) is 6.14. The zero-order valence-electron chi connectivity index (χ0n) is 12.9. The lowest BCUT2D eigenvalue weighted by Crippen LogP contribution is -2.50. The summed E-state index contributed by atoms with van der Waals surface area (Å²) in [4.78, 5) is 11.4.